The summed E-state index contributed by atoms with van der Waals surface area (Å²) in [4.78, 5) is 29.8. The normalized spacial score (nSPS) is 21.5. The van der Waals surface area contributed by atoms with Gasteiger partial charge in [-0.2, -0.15) is 0 Å². The maximum Gasteiger partial charge on any atom is 0.233 e. The van der Waals surface area contributed by atoms with Crippen LogP contribution in [0.4, 0.5) is 4.39 Å². The molecule has 28 heavy (non-hydrogen) atoms. The van der Waals surface area contributed by atoms with Gasteiger partial charge >= 0.3 is 0 Å². The van der Waals surface area contributed by atoms with Gasteiger partial charge in [-0.25, -0.2) is 4.39 Å². The third kappa shape index (κ3) is 4.38. The quantitative estimate of drug-likeness (QED) is 0.725. The largest absolute Gasteiger partial charge is 0.339 e. The minimum Gasteiger partial charge on any atom is -0.339 e. The van der Waals surface area contributed by atoms with Gasteiger partial charge in [0.2, 0.25) is 11.8 Å². The van der Waals surface area contributed by atoms with Crippen molar-refractivity contribution >= 4 is 23.6 Å². The molecule has 6 heteroatoms. The van der Waals surface area contributed by atoms with Crippen LogP contribution in [0.25, 0.3) is 0 Å². The SMILES string of the molecule is O=C(CSc1ccc(F)cc1)N1CCN(C(=O)C2CC2c2ccccc2)CC1. The summed E-state index contributed by atoms with van der Waals surface area (Å²) in [5.74, 6) is 0.788. The van der Waals surface area contributed by atoms with Crippen molar-refractivity contribution < 1.29 is 14.0 Å². The summed E-state index contributed by atoms with van der Waals surface area (Å²) in [6.45, 7) is 2.36. The van der Waals surface area contributed by atoms with Gasteiger partial charge < -0.3 is 9.80 Å². The van der Waals surface area contributed by atoms with Gasteiger partial charge in [0, 0.05) is 37.0 Å². The van der Waals surface area contributed by atoms with E-state index in [1.54, 1.807) is 12.1 Å². The van der Waals surface area contributed by atoms with Crippen molar-refractivity contribution in [3.05, 3.63) is 66.0 Å². The number of rotatable bonds is 5. The highest BCUT2D eigenvalue weighted by molar-refractivity contribution is 8.00. The van der Waals surface area contributed by atoms with E-state index < -0.39 is 0 Å². The van der Waals surface area contributed by atoms with Crippen LogP contribution in [0.5, 0.6) is 0 Å². The summed E-state index contributed by atoms with van der Waals surface area (Å²) in [6, 6.07) is 16.4. The van der Waals surface area contributed by atoms with Crippen LogP contribution >= 0.6 is 11.8 Å². The van der Waals surface area contributed by atoms with E-state index in [1.807, 2.05) is 28.0 Å². The Bertz CT molecular complexity index is 835. The Balaban J connectivity index is 1.22. The molecule has 2 atom stereocenters. The van der Waals surface area contributed by atoms with Gasteiger partial charge in [-0.3, -0.25) is 9.59 Å². The second kappa shape index (κ2) is 8.35. The Morgan fingerprint density at radius 3 is 2.25 bits per heavy atom. The maximum atomic E-state index is 12.9. The third-order valence-electron chi connectivity index (χ3n) is 5.46. The highest BCUT2D eigenvalue weighted by Crippen LogP contribution is 2.48. The molecule has 1 saturated heterocycles. The molecule has 4 rings (SSSR count). The van der Waals surface area contributed by atoms with Crippen molar-refractivity contribution in [3.8, 4) is 0 Å². The highest BCUT2D eigenvalue weighted by atomic mass is 32.2. The molecule has 2 aromatic rings. The number of carbonyl (C=O) groups excluding carboxylic acids is 2. The standard InChI is InChI=1S/C22H23FN2O2S/c23-17-6-8-18(9-7-17)28-15-21(26)24-10-12-25(13-11-24)22(27)20-14-19(20)16-4-2-1-3-5-16/h1-9,19-20H,10-15H2. The van der Waals surface area contributed by atoms with Gasteiger partial charge in [-0.05, 0) is 42.2 Å². The van der Waals surface area contributed by atoms with E-state index in [9.17, 15) is 14.0 Å². The minimum absolute atomic E-state index is 0.0648. The van der Waals surface area contributed by atoms with Crippen LogP contribution in [0.2, 0.25) is 0 Å². The molecule has 1 saturated carbocycles. The van der Waals surface area contributed by atoms with Crippen LogP contribution in [0.15, 0.2) is 59.5 Å². The van der Waals surface area contributed by atoms with Crippen molar-refractivity contribution in [2.75, 3.05) is 31.9 Å². The molecule has 0 spiro atoms. The Kier molecular flexibility index (Phi) is 5.67. The fourth-order valence-corrected chi connectivity index (χ4v) is 4.52. The fourth-order valence-electron chi connectivity index (χ4n) is 3.71. The molecule has 0 radical (unpaired) electrons. The second-order valence-electron chi connectivity index (χ2n) is 7.31. The summed E-state index contributed by atoms with van der Waals surface area (Å²) in [5, 5.41) is 0. The van der Waals surface area contributed by atoms with E-state index in [4.69, 9.17) is 0 Å². The first-order chi connectivity index (χ1) is 13.6. The number of nitrogens with zero attached hydrogens (tertiary/aromatic N) is 2. The van der Waals surface area contributed by atoms with E-state index in [0.717, 1.165) is 11.3 Å². The van der Waals surface area contributed by atoms with Gasteiger partial charge in [0.1, 0.15) is 5.82 Å². The summed E-state index contributed by atoms with van der Waals surface area (Å²) in [7, 11) is 0. The number of amides is 2. The number of hydrogen-bond acceptors (Lipinski definition) is 3. The van der Waals surface area contributed by atoms with E-state index in [0.29, 0.717) is 37.8 Å². The molecule has 4 nitrogen and oxygen atoms in total. The number of benzene rings is 2. The molecule has 2 amide bonds. The lowest BCUT2D eigenvalue weighted by atomic mass is 10.1. The van der Waals surface area contributed by atoms with Crippen molar-refractivity contribution in [3.63, 3.8) is 0 Å². The molecule has 146 valence electrons. The second-order valence-corrected chi connectivity index (χ2v) is 8.36. The lowest BCUT2D eigenvalue weighted by molar-refractivity contribution is -0.139. The zero-order chi connectivity index (χ0) is 19.5. The number of carbonyl (C=O) groups is 2. The first kappa shape index (κ1) is 19.0. The summed E-state index contributed by atoms with van der Waals surface area (Å²) >= 11 is 1.41. The van der Waals surface area contributed by atoms with Crippen LogP contribution in [0.1, 0.15) is 17.9 Å². The molecule has 2 unspecified atom stereocenters. The topological polar surface area (TPSA) is 40.6 Å². The van der Waals surface area contributed by atoms with Gasteiger partial charge in [0.05, 0.1) is 5.75 Å². The molecular formula is C22H23FN2O2S. The highest BCUT2D eigenvalue weighted by Gasteiger charge is 2.46. The van der Waals surface area contributed by atoms with E-state index in [-0.39, 0.29) is 23.5 Å². The van der Waals surface area contributed by atoms with Crippen LogP contribution in [-0.4, -0.2) is 53.5 Å². The van der Waals surface area contributed by atoms with Gasteiger partial charge in [0.25, 0.3) is 0 Å². The summed E-state index contributed by atoms with van der Waals surface area (Å²) in [6.07, 6.45) is 0.927. The van der Waals surface area contributed by atoms with Crippen molar-refractivity contribution in [2.24, 2.45) is 5.92 Å². The average Bonchev–Trinajstić information content (AvgIpc) is 3.54. The molecule has 0 bridgehead atoms. The summed E-state index contributed by atoms with van der Waals surface area (Å²) < 4.78 is 12.9. The predicted octanol–water partition coefficient (Wildman–Crippen LogP) is 3.39. The molecular weight excluding hydrogens is 375 g/mol. The maximum absolute atomic E-state index is 12.9. The van der Waals surface area contributed by atoms with Crippen LogP contribution in [0.3, 0.4) is 0 Å². The number of halogens is 1. The zero-order valence-electron chi connectivity index (χ0n) is 15.6. The molecule has 2 aliphatic rings. The van der Waals surface area contributed by atoms with E-state index in [2.05, 4.69) is 12.1 Å². The smallest absolute Gasteiger partial charge is 0.233 e. The van der Waals surface area contributed by atoms with E-state index >= 15 is 0 Å². The van der Waals surface area contributed by atoms with Crippen LogP contribution in [0, 0.1) is 11.7 Å². The van der Waals surface area contributed by atoms with Crippen molar-refractivity contribution in [1.82, 2.24) is 9.80 Å². The third-order valence-corrected chi connectivity index (χ3v) is 6.45. The minimum atomic E-state index is -0.276. The molecule has 2 fully saturated rings. The molecule has 0 aromatic heterocycles. The Labute approximate surface area is 168 Å². The molecule has 1 heterocycles. The van der Waals surface area contributed by atoms with Crippen LogP contribution in [-0.2, 0) is 9.59 Å². The zero-order valence-corrected chi connectivity index (χ0v) is 16.4. The first-order valence-electron chi connectivity index (χ1n) is 9.61. The summed E-state index contributed by atoms with van der Waals surface area (Å²) in [5.41, 5.74) is 1.24. The average molecular weight is 399 g/mol. The Hall–Kier alpha value is -2.34. The molecule has 0 N–H and O–H groups in total. The van der Waals surface area contributed by atoms with Gasteiger partial charge in [0.15, 0.2) is 0 Å². The van der Waals surface area contributed by atoms with E-state index in [1.165, 1.54) is 29.5 Å². The fraction of sp³-hybridized carbons (Fsp3) is 0.364. The van der Waals surface area contributed by atoms with Crippen molar-refractivity contribution in [1.29, 1.82) is 0 Å². The number of thioether (sulfide) groups is 1. The molecule has 2 aromatic carbocycles. The predicted molar refractivity (Wildman–Crippen MR) is 108 cm³/mol. The first-order valence-corrected chi connectivity index (χ1v) is 10.6. The van der Waals surface area contributed by atoms with Crippen LogP contribution < -0.4 is 0 Å². The Morgan fingerprint density at radius 2 is 1.57 bits per heavy atom. The Morgan fingerprint density at radius 1 is 0.929 bits per heavy atom. The lowest BCUT2D eigenvalue weighted by Crippen LogP contribution is -2.51. The number of hydrogen-bond donors (Lipinski definition) is 0. The number of piperazine rings is 1. The lowest BCUT2D eigenvalue weighted by Gasteiger charge is -2.35. The van der Waals surface area contributed by atoms with Crippen molar-refractivity contribution in [2.45, 2.75) is 17.2 Å². The van der Waals surface area contributed by atoms with Gasteiger partial charge in [-0.1, -0.05) is 30.3 Å². The van der Waals surface area contributed by atoms with Gasteiger partial charge in [-0.15, -0.1) is 11.8 Å². The molecule has 1 aliphatic heterocycles. The monoisotopic (exact) mass is 398 g/mol. The molecule has 1 aliphatic carbocycles.